The van der Waals surface area contributed by atoms with Gasteiger partial charge in [-0.2, -0.15) is 0 Å². The van der Waals surface area contributed by atoms with E-state index in [2.05, 4.69) is 60.7 Å². The van der Waals surface area contributed by atoms with Crippen LogP contribution in [-0.4, -0.2) is 17.9 Å². The van der Waals surface area contributed by atoms with Crippen molar-refractivity contribution in [3.05, 3.63) is 76.1 Å². The maximum absolute atomic E-state index is 6.16. The molecule has 4 heteroatoms. The predicted molar refractivity (Wildman–Crippen MR) is 105 cm³/mol. The lowest BCUT2D eigenvalue weighted by molar-refractivity contribution is 0.415. The first-order valence-electron chi connectivity index (χ1n) is 8.13. The molecule has 1 heterocycles. The second-order valence-corrected chi connectivity index (χ2v) is 6.49. The van der Waals surface area contributed by atoms with Gasteiger partial charge < -0.3 is 9.30 Å². The molecule has 3 aromatic rings. The van der Waals surface area contributed by atoms with Crippen LogP contribution in [0.5, 0.6) is 5.75 Å². The average molecular weight is 353 g/mol. The molecule has 3 rings (SSSR count). The van der Waals surface area contributed by atoms with Crippen molar-refractivity contribution < 1.29 is 4.74 Å². The number of rotatable bonds is 4. The van der Waals surface area contributed by atoms with E-state index in [9.17, 15) is 0 Å². The molecule has 2 aromatic carbocycles. The fourth-order valence-electron chi connectivity index (χ4n) is 2.96. The highest BCUT2D eigenvalue weighted by Gasteiger charge is 2.09. The van der Waals surface area contributed by atoms with E-state index in [1.165, 1.54) is 16.9 Å². The van der Waals surface area contributed by atoms with Gasteiger partial charge in [0.25, 0.3) is 0 Å². The van der Waals surface area contributed by atoms with E-state index in [1.807, 2.05) is 18.3 Å². The molecule has 25 heavy (non-hydrogen) atoms. The molecule has 0 aliphatic heterocycles. The summed E-state index contributed by atoms with van der Waals surface area (Å²) in [5, 5.41) is 0.558. The Morgan fingerprint density at radius 2 is 1.84 bits per heavy atom. The number of methoxy groups -OCH3 is 1. The van der Waals surface area contributed by atoms with Crippen molar-refractivity contribution in [2.24, 2.45) is 4.99 Å². The monoisotopic (exact) mass is 352 g/mol. The fraction of sp³-hybridized carbons (Fsp3) is 0.190. The fourth-order valence-corrected chi connectivity index (χ4v) is 3.21. The van der Waals surface area contributed by atoms with Crippen LogP contribution in [0.4, 0.5) is 5.69 Å². The normalized spacial score (nSPS) is 11.2. The Hall–Kier alpha value is -2.52. The summed E-state index contributed by atoms with van der Waals surface area (Å²) in [5.74, 6) is 0.651. The quantitative estimate of drug-likeness (QED) is 0.544. The van der Waals surface area contributed by atoms with Gasteiger partial charge in [-0.15, -0.1) is 0 Å². The van der Waals surface area contributed by atoms with E-state index in [0.717, 1.165) is 16.9 Å². The average Bonchev–Trinajstić information content (AvgIpc) is 2.87. The lowest BCUT2D eigenvalue weighted by atomic mass is 10.2. The molecule has 0 unspecified atom stereocenters. The number of halogens is 1. The largest absolute Gasteiger partial charge is 0.495 e. The van der Waals surface area contributed by atoms with Crippen LogP contribution in [0.25, 0.3) is 5.69 Å². The van der Waals surface area contributed by atoms with Crippen molar-refractivity contribution in [3.63, 3.8) is 0 Å². The van der Waals surface area contributed by atoms with E-state index in [1.54, 1.807) is 13.2 Å². The zero-order valence-electron chi connectivity index (χ0n) is 14.9. The molecule has 0 fully saturated rings. The molecule has 0 spiro atoms. The molecular formula is C21H21ClN2O. The van der Waals surface area contributed by atoms with Crippen LogP contribution < -0.4 is 4.74 Å². The van der Waals surface area contributed by atoms with Gasteiger partial charge in [-0.1, -0.05) is 23.7 Å². The molecule has 0 bridgehead atoms. The van der Waals surface area contributed by atoms with E-state index in [-0.39, 0.29) is 0 Å². The van der Waals surface area contributed by atoms with Gasteiger partial charge in [-0.25, -0.2) is 0 Å². The summed E-state index contributed by atoms with van der Waals surface area (Å²) in [6.07, 6.45) is 1.88. The molecule has 0 radical (unpaired) electrons. The van der Waals surface area contributed by atoms with Crippen LogP contribution >= 0.6 is 11.6 Å². The first-order valence-corrected chi connectivity index (χ1v) is 8.51. The number of aryl methyl sites for hydroxylation is 2. The third-order valence-corrected chi connectivity index (χ3v) is 4.51. The summed E-state index contributed by atoms with van der Waals surface area (Å²) in [6, 6.07) is 16.2. The Bertz CT molecular complexity index is 941. The molecule has 0 saturated heterocycles. The van der Waals surface area contributed by atoms with Gasteiger partial charge in [0.05, 0.1) is 17.8 Å². The van der Waals surface area contributed by atoms with E-state index in [0.29, 0.717) is 10.8 Å². The number of ether oxygens (including phenoxy) is 1. The highest BCUT2D eigenvalue weighted by molar-refractivity contribution is 6.32. The molecule has 0 N–H and O–H groups in total. The van der Waals surface area contributed by atoms with Gasteiger partial charge in [0, 0.05) is 28.9 Å². The van der Waals surface area contributed by atoms with Gasteiger partial charge in [-0.3, -0.25) is 4.99 Å². The minimum Gasteiger partial charge on any atom is -0.495 e. The molecular weight excluding hydrogens is 332 g/mol. The lowest BCUT2D eigenvalue weighted by Gasteiger charge is -2.10. The van der Waals surface area contributed by atoms with Crippen molar-refractivity contribution >= 4 is 23.5 Å². The minimum atomic E-state index is 0.558. The number of aliphatic imine (C=N–C) groups is 1. The van der Waals surface area contributed by atoms with Crippen molar-refractivity contribution in [1.82, 2.24) is 4.57 Å². The molecule has 0 aliphatic rings. The van der Waals surface area contributed by atoms with Crippen LogP contribution in [0.3, 0.4) is 0 Å². The van der Waals surface area contributed by atoms with Gasteiger partial charge in [0.1, 0.15) is 5.75 Å². The van der Waals surface area contributed by atoms with E-state index in [4.69, 9.17) is 16.3 Å². The van der Waals surface area contributed by atoms with E-state index >= 15 is 0 Å². The molecule has 0 aliphatic carbocycles. The standard InChI is InChI=1S/C21H21ClN2O/c1-14-6-5-7-19(10-14)24-15(2)11-17(16(24)3)13-23-18-8-9-21(25-4)20(22)12-18/h5-13H,1-4H3. The van der Waals surface area contributed by atoms with Crippen LogP contribution in [0.15, 0.2) is 53.5 Å². The summed E-state index contributed by atoms with van der Waals surface area (Å²) in [5.41, 5.74) is 6.64. The lowest BCUT2D eigenvalue weighted by Crippen LogP contribution is -1.99. The Labute approximate surface area is 153 Å². The molecule has 0 saturated carbocycles. The molecule has 128 valence electrons. The Kier molecular flexibility index (Phi) is 4.95. The highest BCUT2D eigenvalue weighted by Crippen LogP contribution is 2.29. The number of hydrogen-bond acceptors (Lipinski definition) is 2. The second-order valence-electron chi connectivity index (χ2n) is 6.08. The topological polar surface area (TPSA) is 26.5 Å². The Morgan fingerprint density at radius 1 is 1.04 bits per heavy atom. The summed E-state index contributed by atoms with van der Waals surface area (Å²) < 4.78 is 7.42. The van der Waals surface area contributed by atoms with Crippen molar-refractivity contribution in [2.45, 2.75) is 20.8 Å². The van der Waals surface area contributed by atoms with Crippen molar-refractivity contribution in [2.75, 3.05) is 7.11 Å². The van der Waals surface area contributed by atoms with Crippen molar-refractivity contribution in [3.8, 4) is 11.4 Å². The zero-order valence-corrected chi connectivity index (χ0v) is 15.6. The maximum atomic E-state index is 6.16. The van der Waals surface area contributed by atoms with Gasteiger partial charge >= 0.3 is 0 Å². The van der Waals surface area contributed by atoms with Gasteiger partial charge in [0.15, 0.2) is 0 Å². The number of aromatic nitrogens is 1. The molecule has 0 amide bonds. The van der Waals surface area contributed by atoms with Gasteiger partial charge in [0.2, 0.25) is 0 Å². The highest BCUT2D eigenvalue weighted by atomic mass is 35.5. The first kappa shape index (κ1) is 17.3. The molecule has 0 atom stereocenters. The minimum absolute atomic E-state index is 0.558. The zero-order chi connectivity index (χ0) is 18.0. The number of benzene rings is 2. The first-order chi connectivity index (χ1) is 12.0. The number of hydrogen-bond donors (Lipinski definition) is 0. The number of nitrogens with zero attached hydrogens (tertiary/aromatic N) is 2. The molecule has 1 aromatic heterocycles. The predicted octanol–water partition coefficient (Wildman–Crippen LogP) is 5.82. The maximum Gasteiger partial charge on any atom is 0.137 e. The van der Waals surface area contributed by atoms with E-state index < -0.39 is 0 Å². The van der Waals surface area contributed by atoms with Crippen LogP contribution in [-0.2, 0) is 0 Å². The summed E-state index contributed by atoms with van der Waals surface area (Å²) in [6.45, 7) is 6.32. The smallest absolute Gasteiger partial charge is 0.137 e. The van der Waals surface area contributed by atoms with Crippen molar-refractivity contribution in [1.29, 1.82) is 0 Å². The van der Waals surface area contributed by atoms with Gasteiger partial charge in [-0.05, 0) is 62.7 Å². The molecule has 3 nitrogen and oxygen atoms in total. The summed E-state index contributed by atoms with van der Waals surface area (Å²) >= 11 is 6.16. The summed E-state index contributed by atoms with van der Waals surface area (Å²) in [4.78, 5) is 4.56. The van der Waals surface area contributed by atoms with Crippen LogP contribution in [0.1, 0.15) is 22.5 Å². The Balaban J connectivity index is 1.94. The third-order valence-electron chi connectivity index (χ3n) is 4.22. The summed E-state index contributed by atoms with van der Waals surface area (Å²) in [7, 11) is 1.60. The van der Waals surface area contributed by atoms with Crippen LogP contribution in [0.2, 0.25) is 5.02 Å². The second kappa shape index (κ2) is 7.16. The SMILES string of the molecule is COc1ccc(N=Cc2cc(C)n(-c3cccc(C)c3)c2C)cc1Cl. The van der Waals surface area contributed by atoms with Crippen LogP contribution in [0, 0.1) is 20.8 Å². The Morgan fingerprint density at radius 3 is 2.52 bits per heavy atom. The third kappa shape index (κ3) is 3.62.